The highest BCUT2D eigenvalue weighted by Crippen LogP contribution is 2.31. The minimum absolute atomic E-state index is 0.00885. The standard InChI is InChI=1S/C20H14N2O3S/c1-2-26(24,25)13-10-12-6-5-7-14-18(12)15(11-13)20(23)22-17-9-4-3-8-16(17)21-19(14)22/h3-11H,2H2,1H3. The second-order valence-corrected chi connectivity index (χ2v) is 8.62. The zero-order chi connectivity index (χ0) is 18.1. The maximum absolute atomic E-state index is 13.3. The first kappa shape index (κ1) is 15.3. The fraction of sp³-hybridized carbons (Fsp3) is 0.100. The summed E-state index contributed by atoms with van der Waals surface area (Å²) in [5.74, 6) is -0.00885. The van der Waals surface area contributed by atoms with E-state index in [0.29, 0.717) is 11.0 Å². The van der Waals surface area contributed by atoms with Crippen LogP contribution in [0.15, 0.2) is 64.3 Å². The molecule has 0 radical (unpaired) electrons. The fourth-order valence-corrected chi connectivity index (χ4v) is 4.57. The van der Waals surface area contributed by atoms with Crippen LogP contribution >= 0.6 is 0 Å². The number of fused-ring (bicyclic) bond motifs is 4. The first-order valence-electron chi connectivity index (χ1n) is 8.33. The second-order valence-electron chi connectivity index (χ2n) is 6.34. The molecule has 0 amide bonds. The van der Waals surface area contributed by atoms with Gasteiger partial charge >= 0.3 is 0 Å². The van der Waals surface area contributed by atoms with Gasteiger partial charge in [-0.25, -0.2) is 13.4 Å². The van der Waals surface area contributed by atoms with Gasteiger partial charge in [0.2, 0.25) is 0 Å². The Kier molecular flexibility index (Phi) is 2.95. The number of aromatic nitrogens is 2. The zero-order valence-corrected chi connectivity index (χ0v) is 14.7. The Labute approximate surface area is 148 Å². The van der Waals surface area contributed by atoms with E-state index in [2.05, 4.69) is 4.98 Å². The Hall–Kier alpha value is -2.99. The number of nitrogens with zero attached hydrogens (tertiary/aromatic N) is 2. The van der Waals surface area contributed by atoms with Crippen LogP contribution in [0.3, 0.4) is 0 Å². The lowest BCUT2D eigenvalue weighted by Crippen LogP contribution is -2.14. The van der Waals surface area contributed by atoms with Crippen molar-refractivity contribution in [3.05, 3.63) is 65.0 Å². The van der Waals surface area contributed by atoms with Gasteiger partial charge in [-0.05, 0) is 29.7 Å². The molecule has 0 atom stereocenters. The molecule has 6 heteroatoms. The lowest BCUT2D eigenvalue weighted by Gasteiger charge is -2.10. The molecule has 0 aliphatic heterocycles. The Balaban J connectivity index is 2.12. The first-order valence-corrected chi connectivity index (χ1v) is 9.98. The molecule has 128 valence electrons. The van der Waals surface area contributed by atoms with E-state index in [1.165, 1.54) is 6.07 Å². The number of sulfone groups is 1. The van der Waals surface area contributed by atoms with Crippen LogP contribution in [-0.2, 0) is 9.84 Å². The van der Waals surface area contributed by atoms with Crippen LogP contribution in [0.25, 0.3) is 38.2 Å². The van der Waals surface area contributed by atoms with E-state index in [4.69, 9.17) is 0 Å². The lowest BCUT2D eigenvalue weighted by molar-refractivity contribution is 0.597. The van der Waals surface area contributed by atoms with Crippen molar-refractivity contribution in [1.29, 1.82) is 0 Å². The monoisotopic (exact) mass is 362 g/mol. The molecule has 3 aromatic carbocycles. The van der Waals surface area contributed by atoms with Crippen molar-refractivity contribution in [2.75, 3.05) is 5.75 Å². The Bertz CT molecular complexity index is 1500. The van der Waals surface area contributed by atoms with Gasteiger partial charge in [-0.2, -0.15) is 0 Å². The van der Waals surface area contributed by atoms with Gasteiger partial charge < -0.3 is 0 Å². The van der Waals surface area contributed by atoms with E-state index < -0.39 is 9.84 Å². The van der Waals surface area contributed by atoms with Gasteiger partial charge in [0.05, 0.1) is 27.1 Å². The van der Waals surface area contributed by atoms with E-state index in [9.17, 15) is 13.2 Å². The summed E-state index contributed by atoms with van der Waals surface area (Å²) in [7, 11) is -3.42. The van der Waals surface area contributed by atoms with E-state index in [1.807, 2.05) is 42.5 Å². The molecule has 5 nitrogen and oxygen atoms in total. The first-order chi connectivity index (χ1) is 12.5. The maximum Gasteiger partial charge on any atom is 0.264 e. The normalized spacial score (nSPS) is 12.7. The Morgan fingerprint density at radius 3 is 2.62 bits per heavy atom. The van der Waals surface area contributed by atoms with Crippen molar-refractivity contribution in [2.24, 2.45) is 0 Å². The van der Waals surface area contributed by atoms with Gasteiger partial charge in [0.15, 0.2) is 9.84 Å². The maximum atomic E-state index is 13.3. The minimum Gasteiger partial charge on any atom is -0.268 e. The predicted octanol–water partition coefficient (Wildman–Crippen LogP) is 3.39. The largest absolute Gasteiger partial charge is 0.268 e. The molecule has 26 heavy (non-hydrogen) atoms. The Morgan fingerprint density at radius 2 is 1.81 bits per heavy atom. The van der Waals surface area contributed by atoms with Crippen LogP contribution in [0.4, 0.5) is 0 Å². The molecule has 0 saturated heterocycles. The van der Waals surface area contributed by atoms with Crippen molar-refractivity contribution < 1.29 is 8.42 Å². The van der Waals surface area contributed by atoms with Crippen molar-refractivity contribution in [3.63, 3.8) is 0 Å². The third-order valence-electron chi connectivity index (χ3n) is 4.92. The van der Waals surface area contributed by atoms with Gasteiger partial charge in [0.1, 0.15) is 5.65 Å². The van der Waals surface area contributed by atoms with Crippen LogP contribution in [-0.4, -0.2) is 23.6 Å². The summed E-state index contributed by atoms with van der Waals surface area (Å²) in [6.07, 6.45) is 0. The number of hydrogen-bond acceptors (Lipinski definition) is 4. The van der Waals surface area contributed by atoms with Gasteiger partial charge in [-0.1, -0.05) is 37.3 Å². The SMILES string of the molecule is CCS(=O)(=O)c1cc2cccc3c2c(c1)c(=O)n1c2ccccc2nc31. The van der Waals surface area contributed by atoms with Crippen LogP contribution in [0.1, 0.15) is 6.92 Å². The highest BCUT2D eigenvalue weighted by atomic mass is 32.2. The smallest absolute Gasteiger partial charge is 0.264 e. The molecule has 5 aromatic rings. The molecular weight excluding hydrogens is 348 g/mol. The topological polar surface area (TPSA) is 68.5 Å². The molecule has 0 N–H and O–H groups in total. The van der Waals surface area contributed by atoms with Crippen LogP contribution in [0.2, 0.25) is 0 Å². The number of para-hydroxylation sites is 2. The molecular formula is C20H14N2O3S. The predicted molar refractivity (Wildman–Crippen MR) is 103 cm³/mol. The molecule has 0 bridgehead atoms. The summed E-state index contributed by atoms with van der Waals surface area (Å²) < 4.78 is 26.4. The van der Waals surface area contributed by atoms with Gasteiger partial charge in [0.25, 0.3) is 5.56 Å². The summed E-state index contributed by atoms with van der Waals surface area (Å²) in [6, 6.07) is 16.2. The summed E-state index contributed by atoms with van der Waals surface area (Å²) in [4.78, 5) is 18.1. The van der Waals surface area contributed by atoms with Crippen molar-refractivity contribution in [2.45, 2.75) is 11.8 Å². The second kappa shape index (κ2) is 5.02. The molecule has 0 fully saturated rings. The molecule has 0 spiro atoms. The summed E-state index contributed by atoms with van der Waals surface area (Å²) >= 11 is 0. The summed E-state index contributed by atoms with van der Waals surface area (Å²) in [5.41, 5.74) is 1.81. The number of pyridine rings is 1. The number of benzene rings is 3. The molecule has 0 aliphatic carbocycles. The van der Waals surface area contributed by atoms with Crippen molar-refractivity contribution in [1.82, 2.24) is 9.38 Å². The fourth-order valence-electron chi connectivity index (χ4n) is 3.63. The van der Waals surface area contributed by atoms with E-state index >= 15 is 0 Å². The van der Waals surface area contributed by atoms with Crippen LogP contribution in [0.5, 0.6) is 0 Å². The third-order valence-corrected chi connectivity index (χ3v) is 6.64. The summed E-state index contributed by atoms with van der Waals surface area (Å²) in [5, 5.41) is 2.74. The number of hydrogen-bond donors (Lipinski definition) is 0. The average Bonchev–Trinajstić information content (AvgIpc) is 3.05. The molecule has 0 aliphatic rings. The number of rotatable bonds is 2. The molecule has 2 aromatic heterocycles. The molecule has 2 heterocycles. The molecule has 0 unspecified atom stereocenters. The van der Waals surface area contributed by atoms with E-state index in [1.54, 1.807) is 17.4 Å². The Morgan fingerprint density at radius 1 is 1.00 bits per heavy atom. The van der Waals surface area contributed by atoms with E-state index in [-0.39, 0.29) is 16.2 Å². The van der Waals surface area contributed by atoms with Crippen molar-refractivity contribution in [3.8, 4) is 0 Å². The van der Waals surface area contributed by atoms with Crippen molar-refractivity contribution >= 4 is 48.1 Å². The van der Waals surface area contributed by atoms with Gasteiger partial charge in [-0.15, -0.1) is 0 Å². The zero-order valence-electron chi connectivity index (χ0n) is 13.9. The molecule has 0 saturated carbocycles. The quantitative estimate of drug-likeness (QED) is 0.483. The van der Waals surface area contributed by atoms with Gasteiger partial charge in [-0.3, -0.25) is 9.20 Å². The molecule has 5 rings (SSSR count). The highest BCUT2D eigenvalue weighted by Gasteiger charge is 2.19. The van der Waals surface area contributed by atoms with Crippen LogP contribution in [0, 0.1) is 0 Å². The highest BCUT2D eigenvalue weighted by molar-refractivity contribution is 7.91. The minimum atomic E-state index is -3.42. The average molecular weight is 362 g/mol. The summed E-state index contributed by atoms with van der Waals surface area (Å²) in [6.45, 7) is 1.60. The van der Waals surface area contributed by atoms with E-state index in [0.717, 1.165) is 27.2 Å². The lowest BCUT2D eigenvalue weighted by atomic mass is 10.0. The van der Waals surface area contributed by atoms with Gasteiger partial charge in [0, 0.05) is 10.8 Å². The number of imidazole rings is 1. The third kappa shape index (κ3) is 1.87. The van der Waals surface area contributed by atoms with Crippen LogP contribution < -0.4 is 5.56 Å².